The summed E-state index contributed by atoms with van der Waals surface area (Å²) in [6.07, 6.45) is 0. The topological polar surface area (TPSA) is 60.9 Å². The van der Waals surface area contributed by atoms with Crippen molar-refractivity contribution in [3.63, 3.8) is 0 Å². The Morgan fingerprint density at radius 1 is 0.923 bits per heavy atom. The third-order valence-electron chi connectivity index (χ3n) is 4.67. The number of amides is 1. The van der Waals surface area contributed by atoms with Gasteiger partial charge in [-0.2, -0.15) is 0 Å². The van der Waals surface area contributed by atoms with Gasteiger partial charge in [0.15, 0.2) is 0 Å². The van der Waals surface area contributed by atoms with Gasteiger partial charge in [0.25, 0.3) is 15.9 Å². The molecule has 1 saturated heterocycles. The van der Waals surface area contributed by atoms with Gasteiger partial charge in [0.05, 0.1) is 16.1 Å². The average molecular weight is 373 g/mol. The number of rotatable bonds is 4. The number of nitrogens with zero attached hydrogens (tertiary/aromatic N) is 3. The minimum Gasteiger partial charge on any atom is -0.336 e. The second-order valence-electron chi connectivity index (χ2n) is 6.40. The van der Waals surface area contributed by atoms with Gasteiger partial charge in [-0.1, -0.05) is 30.3 Å². The Labute approximate surface area is 154 Å². The number of carbonyl (C=O) groups excluding carboxylic acids is 1. The molecule has 2 aromatic carbocycles. The van der Waals surface area contributed by atoms with E-state index in [0.29, 0.717) is 24.3 Å². The molecule has 0 N–H and O–H groups in total. The Kier molecular flexibility index (Phi) is 5.29. The molecule has 26 heavy (non-hydrogen) atoms. The third-order valence-corrected chi connectivity index (χ3v) is 6.45. The molecule has 138 valence electrons. The summed E-state index contributed by atoms with van der Waals surface area (Å²) >= 11 is 0. The van der Waals surface area contributed by atoms with Crippen LogP contribution in [0, 0.1) is 0 Å². The van der Waals surface area contributed by atoms with Crippen molar-refractivity contribution in [2.24, 2.45) is 0 Å². The van der Waals surface area contributed by atoms with Crippen LogP contribution in [0.2, 0.25) is 0 Å². The van der Waals surface area contributed by atoms with E-state index in [2.05, 4.69) is 4.90 Å². The Balaban J connectivity index is 1.93. The molecular weight excluding hydrogens is 350 g/mol. The molecule has 0 aliphatic carbocycles. The summed E-state index contributed by atoms with van der Waals surface area (Å²) in [6, 6.07) is 15.1. The van der Waals surface area contributed by atoms with Gasteiger partial charge in [-0.3, -0.25) is 9.10 Å². The summed E-state index contributed by atoms with van der Waals surface area (Å²) in [7, 11) is -0.225. The van der Waals surface area contributed by atoms with Crippen molar-refractivity contribution in [3.8, 4) is 0 Å². The molecule has 0 spiro atoms. The summed E-state index contributed by atoms with van der Waals surface area (Å²) < 4.78 is 27.0. The van der Waals surface area contributed by atoms with Crippen LogP contribution < -0.4 is 4.31 Å². The molecule has 1 heterocycles. The lowest BCUT2D eigenvalue weighted by Gasteiger charge is -2.33. The lowest BCUT2D eigenvalue weighted by atomic mass is 10.1. The van der Waals surface area contributed by atoms with Crippen molar-refractivity contribution in [1.82, 2.24) is 9.80 Å². The molecule has 0 bridgehead atoms. The van der Waals surface area contributed by atoms with E-state index in [4.69, 9.17) is 0 Å². The van der Waals surface area contributed by atoms with Crippen LogP contribution in [0.3, 0.4) is 0 Å². The molecule has 1 aliphatic heterocycles. The van der Waals surface area contributed by atoms with Crippen molar-refractivity contribution in [2.75, 3.05) is 44.6 Å². The van der Waals surface area contributed by atoms with Crippen LogP contribution in [0.1, 0.15) is 10.4 Å². The Bertz CT molecular complexity index is 876. The highest BCUT2D eigenvalue weighted by Gasteiger charge is 2.27. The number of hydrogen-bond acceptors (Lipinski definition) is 4. The summed E-state index contributed by atoms with van der Waals surface area (Å²) in [6.45, 7) is 2.90. The molecular formula is C19H23N3O3S. The minimum absolute atomic E-state index is 0.135. The number of hydrogen-bond donors (Lipinski definition) is 0. The number of anilines is 1. The van der Waals surface area contributed by atoms with E-state index in [1.165, 1.54) is 11.4 Å². The van der Waals surface area contributed by atoms with Crippen molar-refractivity contribution < 1.29 is 13.2 Å². The quantitative estimate of drug-likeness (QED) is 0.821. The van der Waals surface area contributed by atoms with E-state index in [0.717, 1.165) is 13.1 Å². The van der Waals surface area contributed by atoms with Gasteiger partial charge in [0, 0.05) is 33.2 Å². The molecule has 7 heteroatoms. The molecule has 1 aliphatic rings. The Hall–Kier alpha value is -2.38. The first kappa shape index (κ1) is 18.4. The lowest BCUT2D eigenvalue weighted by molar-refractivity contribution is 0.0665. The lowest BCUT2D eigenvalue weighted by Crippen LogP contribution is -2.47. The zero-order valence-corrected chi connectivity index (χ0v) is 15.8. The first-order valence-corrected chi connectivity index (χ1v) is 9.96. The molecule has 1 amide bonds. The molecule has 6 nitrogen and oxygen atoms in total. The molecule has 0 atom stereocenters. The minimum atomic E-state index is -3.73. The van der Waals surface area contributed by atoms with Crippen molar-refractivity contribution >= 4 is 21.6 Å². The predicted octanol–water partition coefficient (Wildman–Crippen LogP) is 1.90. The molecule has 1 fully saturated rings. The van der Waals surface area contributed by atoms with Gasteiger partial charge in [0.2, 0.25) is 0 Å². The van der Waals surface area contributed by atoms with E-state index in [1.54, 1.807) is 59.5 Å². The number of para-hydroxylation sites is 1. The van der Waals surface area contributed by atoms with Crippen molar-refractivity contribution in [3.05, 3.63) is 60.2 Å². The predicted molar refractivity (Wildman–Crippen MR) is 102 cm³/mol. The highest BCUT2D eigenvalue weighted by atomic mass is 32.2. The van der Waals surface area contributed by atoms with Crippen molar-refractivity contribution in [1.29, 1.82) is 0 Å². The zero-order valence-electron chi connectivity index (χ0n) is 15.0. The van der Waals surface area contributed by atoms with E-state index in [9.17, 15) is 13.2 Å². The number of piperazine rings is 1. The first-order valence-electron chi connectivity index (χ1n) is 8.52. The van der Waals surface area contributed by atoms with Crippen LogP contribution in [-0.2, 0) is 10.0 Å². The third kappa shape index (κ3) is 3.59. The maximum atomic E-state index is 13.0. The molecule has 0 aromatic heterocycles. The van der Waals surface area contributed by atoms with Gasteiger partial charge >= 0.3 is 0 Å². The van der Waals surface area contributed by atoms with Gasteiger partial charge in [-0.25, -0.2) is 8.42 Å². The fourth-order valence-corrected chi connectivity index (χ4v) is 4.22. The highest BCUT2D eigenvalue weighted by molar-refractivity contribution is 7.92. The second-order valence-corrected chi connectivity index (χ2v) is 8.37. The van der Waals surface area contributed by atoms with Crippen molar-refractivity contribution in [2.45, 2.75) is 4.90 Å². The van der Waals surface area contributed by atoms with E-state index in [-0.39, 0.29) is 10.8 Å². The van der Waals surface area contributed by atoms with Crippen LogP contribution in [0.15, 0.2) is 59.5 Å². The number of sulfonamides is 1. The van der Waals surface area contributed by atoms with Crippen LogP contribution >= 0.6 is 0 Å². The molecule has 2 aromatic rings. The Morgan fingerprint density at radius 3 is 2.15 bits per heavy atom. The summed E-state index contributed by atoms with van der Waals surface area (Å²) in [5.74, 6) is -0.135. The summed E-state index contributed by atoms with van der Waals surface area (Å²) in [5.41, 5.74) is 0.791. The highest BCUT2D eigenvalue weighted by Crippen LogP contribution is 2.26. The normalized spacial score (nSPS) is 15.7. The van der Waals surface area contributed by atoms with Gasteiger partial charge < -0.3 is 9.80 Å². The van der Waals surface area contributed by atoms with Gasteiger partial charge in [-0.15, -0.1) is 0 Å². The van der Waals surface area contributed by atoms with E-state index >= 15 is 0 Å². The molecule has 0 unspecified atom stereocenters. The maximum absolute atomic E-state index is 13.0. The molecule has 3 rings (SSSR count). The SMILES string of the molecule is CN1CCN(C(=O)c2ccccc2N(C)S(=O)(=O)c2ccccc2)CC1. The smallest absolute Gasteiger partial charge is 0.264 e. The van der Waals surface area contributed by atoms with E-state index < -0.39 is 10.0 Å². The Morgan fingerprint density at radius 2 is 1.50 bits per heavy atom. The monoisotopic (exact) mass is 373 g/mol. The second kappa shape index (κ2) is 7.47. The number of benzene rings is 2. The fraction of sp³-hybridized carbons (Fsp3) is 0.316. The fourth-order valence-electron chi connectivity index (χ4n) is 2.99. The largest absolute Gasteiger partial charge is 0.336 e. The van der Waals surface area contributed by atoms with E-state index in [1.807, 2.05) is 7.05 Å². The standard InChI is InChI=1S/C19H23N3O3S/c1-20-12-14-22(15-13-20)19(23)17-10-6-7-11-18(17)21(2)26(24,25)16-8-4-3-5-9-16/h3-11H,12-15H2,1-2H3. The van der Waals surface area contributed by atoms with Crippen LogP contribution in [0.25, 0.3) is 0 Å². The van der Waals surface area contributed by atoms with Crippen LogP contribution in [-0.4, -0.2) is 64.4 Å². The van der Waals surface area contributed by atoms with Gasteiger partial charge in [-0.05, 0) is 31.3 Å². The summed E-state index contributed by atoms with van der Waals surface area (Å²) in [4.78, 5) is 17.1. The molecule has 0 saturated carbocycles. The first-order chi connectivity index (χ1) is 12.4. The van der Waals surface area contributed by atoms with Crippen LogP contribution in [0.4, 0.5) is 5.69 Å². The average Bonchev–Trinajstić information content (AvgIpc) is 2.68. The van der Waals surface area contributed by atoms with Crippen LogP contribution in [0.5, 0.6) is 0 Å². The molecule has 0 radical (unpaired) electrons. The number of carbonyl (C=O) groups is 1. The maximum Gasteiger partial charge on any atom is 0.264 e. The zero-order chi connectivity index (χ0) is 18.7. The number of likely N-dealkylation sites (N-methyl/N-ethyl adjacent to an activating group) is 1. The summed E-state index contributed by atoms with van der Waals surface area (Å²) in [5, 5.41) is 0. The van der Waals surface area contributed by atoms with Gasteiger partial charge in [0.1, 0.15) is 0 Å².